The second-order valence-electron chi connectivity index (χ2n) is 3.38. The van der Waals surface area contributed by atoms with Crippen LogP contribution in [0.25, 0.3) is 0 Å². The van der Waals surface area contributed by atoms with Crippen molar-refractivity contribution in [1.29, 1.82) is 0 Å². The van der Waals surface area contributed by atoms with Gasteiger partial charge in [0.2, 0.25) is 0 Å². The van der Waals surface area contributed by atoms with E-state index in [-0.39, 0.29) is 18.8 Å². The summed E-state index contributed by atoms with van der Waals surface area (Å²) in [5, 5.41) is 0. The summed E-state index contributed by atoms with van der Waals surface area (Å²) in [6.07, 6.45) is -2.59. The second-order valence-corrected chi connectivity index (χ2v) is 3.38. The van der Waals surface area contributed by atoms with Crippen LogP contribution in [0, 0.1) is 23.8 Å². The van der Waals surface area contributed by atoms with Crippen molar-refractivity contribution in [3.05, 3.63) is 0 Å². The van der Waals surface area contributed by atoms with Gasteiger partial charge in [0, 0.05) is 12.0 Å². The smallest absolute Gasteiger partial charge is 0.359 e. The summed E-state index contributed by atoms with van der Waals surface area (Å²) in [7, 11) is 0. The largest absolute Gasteiger partial charge is 0.391 e. The van der Waals surface area contributed by atoms with Crippen LogP contribution in [0.5, 0.6) is 0 Å². The van der Waals surface area contributed by atoms with E-state index in [4.69, 9.17) is 5.73 Å². The standard InChI is InChI=1S/C9H12F3N/c10-9(11,12)8-3-1-7(2-4-8)5-6-13/h7-8H,1-4,13H2. The van der Waals surface area contributed by atoms with Crippen molar-refractivity contribution in [2.45, 2.75) is 31.9 Å². The molecule has 0 saturated heterocycles. The molecule has 0 aromatic carbocycles. The van der Waals surface area contributed by atoms with Crippen LogP contribution >= 0.6 is 0 Å². The summed E-state index contributed by atoms with van der Waals surface area (Å²) in [5.41, 5.74) is 5.00. The topological polar surface area (TPSA) is 26.0 Å². The molecule has 1 nitrogen and oxygen atoms in total. The van der Waals surface area contributed by atoms with Gasteiger partial charge in [-0.1, -0.05) is 5.92 Å². The molecule has 2 N–H and O–H groups in total. The van der Waals surface area contributed by atoms with Crippen LogP contribution < -0.4 is 5.73 Å². The minimum Gasteiger partial charge on any atom is -0.359 e. The van der Waals surface area contributed by atoms with Gasteiger partial charge in [0.25, 0.3) is 0 Å². The molecule has 1 rings (SSSR count). The Kier molecular flexibility index (Phi) is 3.07. The lowest BCUT2D eigenvalue weighted by Crippen LogP contribution is -2.27. The average molecular weight is 191 g/mol. The number of alkyl halides is 3. The molecule has 0 radical (unpaired) electrons. The Labute approximate surface area is 75.5 Å². The maximum atomic E-state index is 12.2. The molecule has 0 unspecified atom stereocenters. The Morgan fingerprint density at radius 3 is 2.00 bits per heavy atom. The van der Waals surface area contributed by atoms with Gasteiger partial charge in [-0.2, -0.15) is 13.2 Å². The van der Waals surface area contributed by atoms with E-state index in [2.05, 4.69) is 12.0 Å². The summed E-state index contributed by atoms with van der Waals surface area (Å²) >= 11 is 0. The minimum atomic E-state index is -4.03. The predicted octanol–water partition coefficient (Wildman–Crippen LogP) is 2.27. The fourth-order valence-corrected chi connectivity index (χ4v) is 1.68. The van der Waals surface area contributed by atoms with E-state index >= 15 is 0 Å². The van der Waals surface area contributed by atoms with Crippen molar-refractivity contribution in [3.8, 4) is 12.0 Å². The molecule has 0 spiro atoms. The van der Waals surface area contributed by atoms with Gasteiger partial charge in [0.1, 0.15) is 0 Å². The van der Waals surface area contributed by atoms with Crippen LogP contribution in [-0.2, 0) is 0 Å². The third-order valence-corrected chi connectivity index (χ3v) is 2.48. The normalized spacial score (nSPS) is 29.2. The quantitative estimate of drug-likeness (QED) is 0.461. The van der Waals surface area contributed by atoms with Crippen LogP contribution in [-0.4, -0.2) is 6.18 Å². The zero-order valence-electron chi connectivity index (χ0n) is 7.19. The van der Waals surface area contributed by atoms with Crippen molar-refractivity contribution in [2.24, 2.45) is 17.6 Å². The van der Waals surface area contributed by atoms with Gasteiger partial charge >= 0.3 is 6.18 Å². The molecule has 1 saturated carbocycles. The van der Waals surface area contributed by atoms with E-state index in [1.807, 2.05) is 0 Å². The Morgan fingerprint density at radius 1 is 1.08 bits per heavy atom. The van der Waals surface area contributed by atoms with Crippen LogP contribution in [0.1, 0.15) is 25.7 Å². The van der Waals surface area contributed by atoms with Gasteiger partial charge < -0.3 is 5.73 Å². The van der Waals surface area contributed by atoms with Gasteiger partial charge in [0.05, 0.1) is 5.92 Å². The molecule has 13 heavy (non-hydrogen) atoms. The summed E-state index contributed by atoms with van der Waals surface area (Å²) in [6, 6.07) is 2.26. The maximum Gasteiger partial charge on any atom is 0.391 e. The highest BCUT2D eigenvalue weighted by Crippen LogP contribution is 2.39. The molecule has 1 aliphatic carbocycles. The zero-order valence-corrected chi connectivity index (χ0v) is 7.19. The molecule has 0 atom stereocenters. The molecule has 4 heteroatoms. The highest BCUT2D eigenvalue weighted by molar-refractivity contribution is 5.01. The van der Waals surface area contributed by atoms with Crippen molar-refractivity contribution in [2.75, 3.05) is 0 Å². The number of rotatable bonds is 0. The average Bonchev–Trinajstić information content (AvgIpc) is 2.04. The van der Waals surface area contributed by atoms with E-state index < -0.39 is 12.1 Å². The fraction of sp³-hybridized carbons (Fsp3) is 0.778. The lowest BCUT2D eigenvalue weighted by molar-refractivity contribution is -0.182. The van der Waals surface area contributed by atoms with E-state index in [1.165, 1.54) is 0 Å². The van der Waals surface area contributed by atoms with Crippen molar-refractivity contribution >= 4 is 0 Å². The molecule has 74 valence electrons. The van der Waals surface area contributed by atoms with E-state index in [9.17, 15) is 13.2 Å². The first kappa shape index (κ1) is 10.2. The summed E-state index contributed by atoms with van der Waals surface area (Å²) in [4.78, 5) is 0. The number of hydrogen-bond acceptors (Lipinski definition) is 1. The van der Waals surface area contributed by atoms with Crippen molar-refractivity contribution in [1.82, 2.24) is 0 Å². The van der Waals surface area contributed by atoms with Gasteiger partial charge in [-0.3, -0.25) is 0 Å². The van der Waals surface area contributed by atoms with Crippen molar-refractivity contribution < 1.29 is 13.2 Å². The van der Waals surface area contributed by atoms with Gasteiger partial charge in [-0.05, 0) is 25.7 Å². The van der Waals surface area contributed by atoms with Crippen LogP contribution in [0.15, 0.2) is 0 Å². The van der Waals surface area contributed by atoms with Gasteiger partial charge in [-0.15, -0.1) is 0 Å². The number of halogens is 3. The Balaban J connectivity index is 2.42. The fourth-order valence-electron chi connectivity index (χ4n) is 1.68. The molecular formula is C9H12F3N. The molecule has 0 heterocycles. The van der Waals surface area contributed by atoms with E-state index in [0.29, 0.717) is 12.8 Å². The first-order valence-corrected chi connectivity index (χ1v) is 4.32. The Morgan fingerprint density at radius 2 is 1.62 bits per heavy atom. The summed E-state index contributed by atoms with van der Waals surface area (Å²) in [5.74, 6) is 1.67. The third-order valence-electron chi connectivity index (χ3n) is 2.48. The predicted molar refractivity (Wildman–Crippen MR) is 43.5 cm³/mol. The summed E-state index contributed by atoms with van der Waals surface area (Å²) < 4.78 is 36.6. The van der Waals surface area contributed by atoms with Gasteiger partial charge in [-0.25, -0.2) is 0 Å². The molecule has 0 bridgehead atoms. The lowest BCUT2D eigenvalue weighted by Gasteiger charge is -2.27. The SMILES string of the molecule is NC#CC1CCC(C(F)(F)F)CC1. The minimum absolute atomic E-state index is 0.0728. The molecule has 0 aromatic heterocycles. The molecule has 0 aromatic rings. The number of nitrogens with two attached hydrogens (primary N) is 1. The number of hydrogen-bond donors (Lipinski definition) is 1. The Bertz CT molecular complexity index is 215. The Hall–Kier alpha value is -0.850. The van der Waals surface area contributed by atoms with E-state index in [0.717, 1.165) is 0 Å². The zero-order chi connectivity index (χ0) is 9.90. The first-order valence-electron chi connectivity index (χ1n) is 4.32. The summed E-state index contributed by atoms with van der Waals surface area (Å²) in [6.45, 7) is 0. The molecule has 1 fully saturated rings. The van der Waals surface area contributed by atoms with Crippen molar-refractivity contribution in [3.63, 3.8) is 0 Å². The van der Waals surface area contributed by atoms with Crippen LogP contribution in [0.4, 0.5) is 13.2 Å². The molecule has 0 amide bonds. The maximum absolute atomic E-state index is 12.2. The van der Waals surface area contributed by atoms with Gasteiger partial charge in [0.15, 0.2) is 0 Å². The lowest BCUT2D eigenvalue weighted by atomic mass is 9.82. The second kappa shape index (κ2) is 3.91. The molecular weight excluding hydrogens is 179 g/mol. The first-order chi connectivity index (χ1) is 6.04. The van der Waals surface area contributed by atoms with E-state index in [1.54, 1.807) is 0 Å². The highest BCUT2D eigenvalue weighted by Gasteiger charge is 2.41. The van der Waals surface area contributed by atoms with Crippen LogP contribution in [0.2, 0.25) is 0 Å². The highest BCUT2D eigenvalue weighted by atomic mass is 19.4. The third kappa shape index (κ3) is 2.83. The molecule has 0 aliphatic heterocycles. The molecule has 1 aliphatic rings. The van der Waals surface area contributed by atoms with Crippen LogP contribution in [0.3, 0.4) is 0 Å². The monoisotopic (exact) mass is 191 g/mol.